The highest BCUT2D eigenvalue weighted by Gasteiger charge is 2.20. The van der Waals surface area contributed by atoms with Crippen molar-refractivity contribution < 1.29 is 0 Å². The quantitative estimate of drug-likeness (QED) is 0.478. The van der Waals surface area contributed by atoms with Crippen LogP contribution in [0.5, 0.6) is 0 Å². The van der Waals surface area contributed by atoms with Gasteiger partial charge in [-0.05, 0) is 13.0 Å². The summed E-state index contributed by atoms with van der Waals surface area (Å²) in [5, 5.41) is 3.15. The smallest absolute Gasteiger partial charge is 0.195 e. The summed E-state index contributed by atoms with van der Waals surface area (Å²) in [4.78, 5) is 4.00. The summed E-state index contributed by atoms with van der Waals surface area (Å²) >= 11 is 8.96. The number of hydrogen-bond donors (Lipinski definition) is 2. The Hall–Kier alpha value is -0.220. The van der Waals surface area contributed by atoms with Crippen molar-refractivity contribution in [3.05, 3.63) is 11.2 Å². The first-order valence-electron chi connectivity index (χ1n) is 2.69. The van der Waals surface area contributed by atoms with Crippen molar-refractivity contribution in [2.75, 3.05) is 0 Å². The minimum absolute atomic E-state index is 0.326. The number of rotatable bonds is 0. The lowest BCUT2D eigenvalue weighted by atomic mass is 10.3. The maximum atomic E-state index is 5.66. The molecule has 10 heavy (non-hydrogen) atoms. The van der Waals surface area contributed by atoms with E-state index in [0.717, 1.165) is 0 Å². The molecular weight excluding hydrogens is 217 g/mol. The molecule has 3 nitrogen and oxygen atoms in total. The van der Waals surface area contributed by atoms with Gasteiger partial charge in [-0.2, -0.15) is 0 Å². The maximum absolute atomic E-state index is 5.66. The van der Waals surface area contributed by atoms with Crippen LogP contribution >= 0.6 is 27.5 Å². The van der Waals surface area contributed by atoms with Gasteiger partial charge in [-0.15, -0.1) is 0 Å². The molecule has 0 fully saturated rings. The average Bonchev–Trinajstić information content (AvgIpc) is 1.54. The van der Waals surface area contributed by atoms with E-state index in [4.69, 9.17) is 17.3 Å². The normalized spacial score (nSPS) is 32.3. The van der Waals surface area contributed by atoms with Gasteiger partial charge in [-0.3, -0.25) is 0 Å². The van der Waals surface area contributed by atoms with Crippen molar-refractivity contribution in [1.82, 2.24) is 5.32 Å². The number of nitrogens with two attached hydrogens (primary N) is 1. The molecular formula is C5H7BrClN3. The highest BCUT2D eigenvalue weighted by atomic mass is 79.9. The van der Waals surface area contributed by atoms with Gasteiger partial charge in [0.05, 0.1) is 0 Å². The molecule has 56 valence electrons. The molecule has 0 aromatic carbocycles. The first kappa shape index (κ1) is 7.88. The van der Waals surface area contributed by atoms with E-state index in [1.807, 2.05) is 6.92 Å². The van der Waals surface area contributed by atoms with Crippen LogP contribution in [0, 0.1) is 0 Å². The molecule has 0 saturated heterocycles. The summed E-state index contributed by atoms with van der Waals surface area (Å²) in [6.45, 7) is 1.85. The topological polar surface area (TPSA) is 50.4 Å². The predicted octanol–water partition coefficient (Wildman–Crippen LogP) is 1.10. The second-order valence-electron chi connectivity index (χ2n) is 2.14. The van der Waals surface area contributed by atoms with Crippen LogP contribution in [0.3, 0.4) is 0 Å². The van der Waals surface area contributed by atoms with Gasteiger partial charge in [-0.25, -0.2) is 4.99 Å². The van der Waals surface area contributed by atoms with Crippen molar-refractivity contribution in [3.63, 3.8) is 0 Å². The highest BCUT2D eigenvalue weighted by Crippen LogP contribution is 2.25. The Bertz CT molecular complexity index is 189. The lowest BCUT2D eigenvalue weighted by molar-refractivity contribution is 0.823. The van der Waals surface area contributed by atoms with E-state index in [0.29, 0.717) is 11.1 Å². The number of nitrogens with one attached hydrogen (secondary N) is 1. The number of aliphatic imine (C=N–C) groups is 1. The highest BCUT2D eigenvalue weighted by molar-refractivity contribution is 9.10. The fraction of sp³-hybridized carbons (Fsp3) is 0.400. The molecule has 1 heterocycles. The third-order valence-electron chi connectivity index (χ3n) is 0.977. The zero-order valence-electron chi connectivity index (χ0n) is 5.36. The Labute approximate surface area is 72.5 Å². The summed E-state index contributed by atoms with van der Waals surface area (Å²) in [6, 6.07) is 0. The van der Waals surface area contributed by atoms with E-state index in [1.165, 1.54) is 0 Å². The Balaban J connectivity index is 2.88. The molecule has 1 unspecified atom stereocenters. The molecule has 0 aliphatic carbocycles. The van der Waals surface area contributed by atoms with Gasteiger partial charge < -0.3 is 11.1 Å². The Kier molecular flexibility index (Phi) is 1.92. The minimum atomic E-state index is -0.459. The van der Waals surface area contributed by atoms with Crippen molar-refractivity contribution >= 4 is 33.5 Å². The Morgan fingerprint density at radius 3 is 2.90 bits per heavy atom. The number of nitrogens with zero attached hydrogens (tertiary/aromatic N) is 1. The number of guanidine groups is 1. The van der Waals surface area contributed by atoms with Crippen LogP contribution in [-0.4, -0.2) is 10.4 Å². The molecule has 0 saturated carbocycles. The zero-order chi connectivity index (χ0) is 7.78. The summed E-state index contributed by atoms with van der Waals surface area (Å²) in [6.07, 6.45) is 1.73. The second kappa shape index (κ2) is 2.43. The first-order valence-corrected chi connectivity index (χ1v) is 3.86. The summed E-state index contributed by atoms with van der Waals surface area (Å²) in [7, 11) is 0. The van der Waals surface area contributed by atoms with Gasteiger partial charge in [0, 0.05) is 0 Å². The van der Waals surface area contributed by atoms with Crippen molar-refractivity contribution in [2.45, 2.75) is 11.4 Å². The van der Waals surface area contributed by atoms with E-state index in [9.17, 15) is 0 Å². The summed E-state index contributed by atoms with van der Waals surface area (Å²) < 4.78 is -0.459. The molecule has 1 aliphatic heterocycles. The molecule has 0 spiro atoms. The number of hydrogen-bond acceptors (Lipinski definition) is 3. The second-order valence-corrected chi connectivity index (χ2v) is 4.15. The third kappa shape index (κ3) is 1.88. The summed E-state index contributed by atoms with van der Waals surface area (Å²) in [5.74, 6) is 0.326. The predicted molar refractivity (Wildman–Crippen MR) is 46.0 cm³/mol. The van der Waals surface area contributed by atoms with E-state index in [2.05, 4.69) is 26.2 Å². The van der Waals surface area contributed by atoms with Gasteiger partial charge in [0.2, 0.25) is 0 Å². The van der Waals surface area contributed by atoms with Gasteiger partial charge in [-0.1, -0.05) is 27.5 Å². The van der Waals surface area contributed by atoms with Crippen molar-refractivity contribution in [1.29, 1.82) is 0 Å². The minimum Gasteiger partial charge on any atom is -0.370 e. The SMILES string of the molecule is CC1(Br)C=C(Cl)NC(N)=N1. The molecule has 5 heteroatoms. The van der Waals surface area contributed by atoms with E-state index >= 15 is 0 Å². The lowest BCUT2D eigenvalue weighted by Crippen LogP contribution is -2.36. The van der Waals surface area contributed by atoms with Gasteiger partial charge in [0.25, 0.3) is 0 Å². The van der Waals surface area contributed by atoms with Crippen LogP contribution in [-0.2, 0) is 0 Å². The Morgan fingerprint density at radius 2 is 2.50 bits per heavy atom. The van der Waals surface area contributed by atoms with E-state index < -0.39 is 4.45 Å². The van der Waals surface area contributed by atoms with Gasteiger partial charge in [0.15, 0.2) is 5.96 Å². The van der Waals surface area contributed by atoms with E-state index in [1.54, 1.807) is 6.08 Å². The molecule has 3 N–H and O–H groups in total. The van der Waals surface area contributed by atoms with Crippen molar-refractivity contribution in [3.8, 4) is 0 Å². The molecule has 0 radical (unpaired) electrons. The monoisotopic (exact) mass is 223 g/mol. The number of alkyl halides is 1. The molecule has 1 atom stereocenters. The number of halogens is 2. The van der Waals surface area contributed by atoms with Crippen LogP contribution in [0.25, 0.3) is 0 Å². The van der Waals surface area contributed by atoms with Crippen molar-refractivity contribution in [2.24, 2.45) is 10.7 Å². The lowest BCUT2D eigenvalue weighted by Gasteiger charge is -2.19. The third-order valence-corrected chi connectivity index (χ3v) is 1.59. The fourth-order valence-electron chi connectivity index (χ4n) is 0.685. The average molecular weight is 224 g/mol. The molecule has 1 aliphatic rings. The Morgan fingerprint density at radius 1 is 1.90 bits per heavy atom. The van der Waals surface area contributed by atoms with Crippen LogP contribution in [0.1, 0.15) is 6.92 Å². The zero-order valence-corrected chi connectivity index (χ0v) is 7.70. The maximum Gasteiger partial charge on any atom is 0.195 e. The molecule has 0 aromatic heterocycles. The van der Waals surface area contributed by atoms with Gasteiger partial charge in [0.1, 0.15) is 9.60 Å². The van der Waals surface area contributed by atoms with Gasteiger partial charge >= 0.3 is 0 Å². The fourth-order valence-corrected chi connectivity index (χ4v) is 1.55. The van der Waals surface area contributed by atoms with Crippen LogP contribution in [0.15, 0.2) is 16.2 Å². The summed E-state index contributed by atoms with van der Waals surface area (Å²) in [5.41, 5.74) is 5.38. The van der Waals surface area contributed by atoms with Crippen LogP contribution in [0.4, 0.5) is 0 Å². The first-order chi connectivity index (χ1) is 4.49. The van der Waals surface area contributed by atoms with E-state index in [-0.39, 0.29) is 0 Å². The van der Waals surface area contributed by atoms with Crippen LogP contribution < -0.4 is 11.1 Å². The van der Waals surface area contributed by atoms with Crippen LogP contribution in [0.2, 0.25) is 0 Å². The molecule has 0 bridgehead atoms. The molecule has 1 rings (SSSR count). The molecule has 0 amide bonds. The molecule has 0 aromatic rings. The largest absolute Gasteiger partial charge is 0.370 e. The standard InChI is InChI=1S/C5H7BrClN3/c1-5(6)2-3(7)9-4(8)10-5/h2H,1H3,(H3,8,9,10).